The first kappa shape index (κ1) is 27.3. The fourth-order valence-electron chi connectivity index (χ4n) is 5.36. The van der Waals surface area contributed by atoms with E-state index in [4.69, 9.17) is 0 Å². The standard InChI is InChI=1S/C38H40N2/c1-7-31(6)32-24-37(39(33-16-8-12-27(2)20-33)34-17-9-13-28(3)21-34)26-38(25-32)40(35-18-10-14-29(4)22-35)36-19-11-15-30(5)23-36/h8-26,31H,7H2,1-6H3. The van der Waals surface area contributed by atoms with E-state index in [1.54, 1.807) is 0 Å². The molecule has 0 saturated heterocycles. The highest BCUT2D eigenvalue weighted by atomic mass is 15.2. The summed E-state index contributed by atoms with van der Waals surface area (Å²) in [6.07, 6.45) is 1.08. The van der Waals surface area contributed by atoms with Gasteiger partial charge >= 0.3 is 0 Å². The van der Waals surface area contributed by atoms with E-state index in [1.165, 1.54) is 27.8 Å². The summed E-state index contributed by atoms with van der Waals surface area (Å²) in [6.45, 7) is 13.3. The summed E-state index contributed by atoms with van der Waals surface area (Å²) < 4.78 is 0. The van der Waals surface area contributed by atoms with E-state index in [1.807, 2.05) is 0 Å². The lowest BCUT2D eigenvalue weighted by Gasteiger charge is -2.31. The monoisotopic (exact) mass is 524 g/mol. The SMILES string of the molecule is CCC(C)c1cc(N(c2cccc(C)c2)c2cccc(C)c2)cc(N(c2cccc(C)c2)c2cccc(C)c2)c1. The molecule has 0 aliphatic heterocycles. The summed E-state index contributed by atoms with van der Waals surface area (Å²) in [7, 11) is 0. The van der Waals surface area contributed by atoms with Gasteiger partial charge in [0.25, 0.3) is 0 Å². The number of aryl methyl sites for hydroxylation is 4. The second-order valence-corrected chi connectivity index (χ2v) is 11.1. The van der Waals surface area contributed by atoms with Crippen LogP contribution in [-0.4, -0.2) is 0 Å². The summed E-state index contributed by atoms with van der Waals surface area (Å²) in [5, 5.41) is 0. The summed E-state index contributed by atoms with van der Waals surface area (Å²) in [4.78, 5) is 4.81. The van der Waals surface area contributed by atoms with Gasteiger partial charge in [0.05, 0.1) is 0 Å². The molecule has 0 N–H and O–H groups in total. The molecule has 0 fully saturated rings. The average molecular weight is 525 g/mol. The molecule has 2 heteroatoms. The van der Waals surface area contributed by atoms with Crippen molar-refractivity contribution in [1.29, 1.82) is 0 Å². The Morgan fingerprint density at radius 1 is 0.450 bits per heavy atom. The van der Waals surface area contributed by atoms with Crippen LogP contribution in [0.15, 0.2) is 115 Å². The van der Waals surface area contributed by atoms with Gasteiger partial charge in [-0.2, -0.15) is 0 Å². The molecule has 0 aliphatic carbocycles. The number of hydrogen-bond donors (Lipinski definition) is 0. The second kappa shape index (κ2) is 11.8. The average Bonchev–Trinajstić information content (AvgIpc) is 2.93. The molecule has 0 radical (unpaired) electrons. The third kappa shape index (κ3) is 5.97. The van der Waals surface area contributed by atoms with Crippen molar-refractivity contribution in [1.82, 2.24) is 0 Å². The maximum Gasteiger partial charge on any atom is 0.0485 e. The molecule has 0 heterocycles. The molecular weight excluding hydrogens is 484 g/mol. The molecule has 5 aromatic carbocycles. The van der Waals surface area contributed by atoms with Crippen LogP contribution in [0.5, 0.6) is 0 Å². The smallest absolute Gasteiger partial charge is 0.0485 e. The van der Waals surface area contributed by atoms with Crippen LogP contribution in [-0.2, 0) is 0 Å². The number of rotatable bonds is 8. The molecule has 0 aliphatic rings. The third-order valence-corrected chi connectivity index (χ3v) is 7.66. The Morgan fingerprint density at radius 2 is 0.775 bits per heavy atom. The molecule has 202 valence electrons. The van der Waals surface area contributed by atoms with E-state index in [2.05, 4.69) is 167 Å². The maximum atomic E-state index is 2.40. The van der Waals surface area contributed by atoms with Crippen LogP contribution >= 0.6 is 0 Å². The predicted molar refractivity (Wildman–Crippen MR) is 173 cm³/mol. The van der Waals surface area contributed by atoms with Gasteiger partial charge in [0, 0.05) is 34.1 Å². The number of nitrogens with zero attached hydrogens (tertiary/aromatic N) is 2. The lowest BCUT2D eigenvalue weighted by atomic mass is 9.96. The van der Waals surface area contributed by atoms with Crippen molar-refractivity contribution in [3.05, 3.63) is 143 Å². The zero-order chi connectivity index (χ0) is 28.2. The van der Waals surface area contributed by atoms with Crippen LogP contribution in [0, 0.1) is 27.7 Å². The molecule has 0 bridgehead atoms. The molecule has 40 heavy (non-hydrogen) atoms. The molecule has 0 amide bonds. The molecule has 5 aromatic rings. The highest BCUT2D eigenvalue weighted by Gasteiger charge is 2.20. The van der Waals surface area contributed by atoms with E-state index in [9.17, 15) is 0 Å². The Labute approximate surface area is 240 Å². The van der Waals surface area contributed by atoms with Gasteiger partial charge in [-0.25, -0.2) is 0 Å². The molecule has 1 unspecified atom stereocenters. The van der Waals surface area contributed by atoms with Crippen molar-refractivity contribution in [3.63, 3.8) is 0 Å². The van der Waals surface area contributed by atoms with Crippen LogP contribution in [0.3, 0.4) is 0 Å². The summed E-state index contributed by atoms with van der Waals surface area (Å²) in [5.74, 6) is 0.424. The number of hydrogen-bond acceptors (Lipinski definition) is 2. The predicted octanol–water partition coefficient (Wildman–Crippen LogP) is 11.4. The zero-order valence-corrected chi connectivity index (χ0v) is 24.6. The highest BCUT2D eigenvalue weighted by Crippen LogP contribution is 2.43. The summed E-state index contributed by atoms with van der Waals surface area (Å²) >= 11 is 0. The van der Waals surface area contributed by atoms with Crippen molar-refractivity contribution in [2.24, 2.45) is 0 Å². The Hall–Kier alpha value is -4.30. The second-order valence-electron chi connectivity index (χ2n) is 11.1. The van der Waals surface area contributed by atoms with Crippen LogP contribution < -0.4 is 9.80 Å². The van der Waals surface area contributed by atoms with Crippen LogP contribution in [0.1, 0.15) is 54.0 Å². The number of benzene rings is 5. The van der Waals surface area contributed by atoms with Gasteiger partial charge < -0.3 is 9.80 Å². The topological polar surface area (TPSA) is 6.48 Å². The third-order valence-electron chi connectivity index (χ3n) is 7.66. The van der Waals surface area contributed by atoms with Crippen molar-refractivity contribution in [3.8, 4) is 0 Å². The highest BCUT2D eigenvalue weighted by molar-refractivity contribution is 5.84. The van der Waals surface area contributed by atoms with E-state index in [-0.39, 0.29) is 0 Å². The minimum atomic E-state index is 0.424. The Kier molecular flexibility index (Phi) is 8.07. The van der Waals surface area contributed by atoms with Crippen molar-refractivity contribution >= 4 is 34.1 Å². The molecule has 5 rings (SSSR count). The molecule has 2 nitrogen and oxygen atoms in total. The summed E-state index contributed by atoms with van der Waals surface area (Å²) in [6, 6.07) is 42.3. The lowest BCUT2D eigenvalue weighted by molar-refractivity contribution is 0.733. The van der Waals surface area contributed by atoms with E-state index in [0.29, 0.717) is 5.92 Å². The molecular formula is C38H40N2. The van der Waals surface area contributed by atoms with Gasteiger partial charge in [0.1, 0.15) is 0 Å². The van der Waals surface area contributed by atoms with Crippen LogP contribution in [0.2, 0.25) is 0 Å². The molecule has 0 saturated carbocycles. The number of anilines is 6. The largest absolute Gasteiger partial charge is 0.310 e. The molecule has 0 spiro atoms. The van der Waals surface area contributed by atoms with Gasteiger partial charge in [-0.05, 0) is 135 Å². The van der Waals surface area contributed by atoms with Crippen molar-refractivity contribution in [2.75, 3.05) is 9.80 Å². The molecule has 1 atom stereocenters. The first-order valence-electron chi connectivity index (χ1n) is 14.3. The zero-order valence-electron chi connectivity index (χ0n) is 24.6. The van der Waals surface area contributed by atoms with Gasteiger partial charge in [-0.3, -0.25) is 0 Å². The van der Waals surface area contributed by atoms with Gasteiger partial charge in [-0.1, -0.05) is 62.4 Å². The Balaban J connectivity index is 1.79. The van der Waals surface area contributed by atoms with Crippen molar-refractivity contribution < 1.29 is 0 Å². The first-order valence-corrected chi connectivity index (χ1v) is 14.3. The quantitative estimate of drug-likeness (QED) is 0.199. The summed E-state index contributed by atoms with van der Waals surface area (Å²) in [5.41, 5.74) is 13.3. The fraction of sp³-hybridized carbons (Fsp3) is 0.211. The van der Waals surface area contributed by atoms with E-state index < -0.39 is 0 Å². The van der Waals surface area contributed by atoms with Gasteiger partial charge in [0.2, 0.25) is 0 Å². The minimum absolute atomic E-state index is 0.424. The van der Waals surface area contributed by atoms with Crippen LogP contribution in [0.25, 0.3) is 0 Å². The lowest BCUT2D eigenvalue weighted by Crippen LogP contribution is -2.15. The Bertz CT molecular complexity index is 1410. The van der Waals surface area contributed by atoms with Gasteiger partial charge in [-0.15, -0.1) is 0 Å². The normalized spacial score (nSPS) is 11.8. The fourth-order valence-corrected chi connectivity index (χ4v) is 5.36. The molecule has 0 aromatic heterocycles. The first-order chi connectivity index (χ1) is 19.3. The minimum Gasteiger partial charge on any atom is -0.310 e. The Morgan fingerprint density at radius 3 is 1.05 bits per heavy atom. The van der Waals surface area contributed by atoms with Crippen molar-refractivity contribution in [2.45, 2.75) is 53.9 Å². The van der Waals surface area contributed by atoms with Gasteiger partial charge in [0.15, 0.2) is 0 Å². The maximum absolute atomic E-state index is 2.40. The van der Waals surface area contributed by atoms with E-state index >= 15 is 0 Å². The van der Waals surface area contributed by atoms with E-state index in [0.717, 1.165) is 40.5 Å². The van der Waals surface area contributed by atoms with Crippen LogP contribution in [0.4, 0.5) is 34.1 Å².